The molecule has 1 aromatic rings. The maximum absolute atomic E-state index is 11.4. The van der Waals surface area contributed by atoms with Gasteiger partial charge in [-0.2, -0.15) is 0 Å². The third kappa shape index (κ3) is 5.39. The van der Waals surface area contributed by atoms with Crippen LogP contribution in [-0.4, -0.2) is 19.0 Å². The highest BCUT2D eigenvalue weighted by atomic mass is 16.1. The molecule has 16 heavy (non-hydrogen) atoms. The number of carbonyl (C=O) groups is 1. The quantitative estimate of drug-likeness (QED) is 0.772. The second kappa shape index (κ2) is 6.88. The van der Waals surface area contributed by atoms with E-state index >= 15 is 0 Å². The van der Waals surface area contributed by atoms with Crippen molar-refractivity contribution >= 4 is 11.6 Å². The summed E-state index contributed by atoms with van der Waals surface area (Å²) in [6.45, 7) is 5.39. The largest absolute Gasteiger partial charge is 0.376 e. The Balaban J connectivity index is 2.16. The van der Waals surface area contributed by atoms with Crippen LogP contribution < -0.4 is 10.6 Å². The molecule has 0 heterocycles. The predicted molar refractivity (Wildman–Crippen MR) is 67.4 cm³/mol. The Bertz CT molecular complexity index is 309. The predicted octanol–water partition coefficient (Wildman–Crippen LogP) is 2.26. The van der Waals surface area contributed by atoms with Crippen molar-refractivity contribution in [3.63, 3.8) is 0 Å². The molecule has 0 aliphatic heterocycles. The highest BCUT2D eigenvalue weighted by molar-refractivity contribution is 5.80. The average molecular weight is 220 g/mol. The minimum absolute atomic E-state index is 0.0458. The molecule has 0 aliphatic rings. The smallest absolute Gasteiger partial charge is 0.239 e. The fourth-order valence-electron chi connectivity index (χ4n) is 1.30. The second-order valence-electron chi connectivity index (χ2n) is 4.25. The minimum Gasteiger partial charge on any atom is -0.376 e. The number of rotatable bonds is 6. The normalized spacial score (nSPS) is 10.2. The Kier molecular flexibility index (Phi) is 5.40. The van der Waals surface area contributed by atoms with Gasteiger partial charge in [-0.05, 0) is 24.5 Å². The van der Waals surface area contributed by atoms with Crippen molar-refractivity contribution in [2.45, 2.75) is 20.3 Å². The van der Waals surface area contributed by atoms with Gasteiger partial charge in [0.1, 0.15) is 0 Å². The molecule has 0 saturated carbocycles. The lowest BCUT2D eigenvalue weighted by Gasteiger charge is -2.08. The average Bonchev–Trinajstić information content (AvgIpc) is 2.27. The van der Waals surface area contributed by atoms with Crippen molar-refractivity contribution in [2.24, 2.45) is 5.92 Å². The van der Waals surface area contributed by atoms with E-state index in [4.69, 9.17) is 0 Å². The van der Waals surface area contributed by atoms with E-state index in [1.807, 2.05) is 30.3 Å². The summed E-state index contributed by atoms with van der Waals surface area (Å²) in [4.78, 5) is 11.4. The molecular formula is C13H20N2O. The second-order valence-corrected chi connectivity index (χ2v) is 4.25. The summed E-state index contributed by atoms with van der Waals surface area (Å²) in [5.74, 6) is 0.673. The van der Waals surface area contributed by atoms with Crippen LogP contribution in [0.3, 0.4) is 0 Å². The molecule has 0 radical (unpaired) electrons. The zero-order valence-electron chi connectivity index (χ0n) is 9.99. The molecule has 0 unspecified atom stereocenters. The van der Waals surface area contributed by atoms with Crippen molar-refractivity contribution in [2.75, 3.05) is 18.4 Å². The summed E-state index contributed by atoms with van der Waals surface area (Å²) in [6.07, 6.45) is 1.02. The number of carbonyl (C=O) groups excluding carboxylic acids is 1. The molecule has 0 aliphatic carbocycles. The van der Waals surface area contributed by atoms with Crippen LogP contribution in [0.5, 0.6) is 0 Å². The Morgan fingerprint density at radius 3 is 2.56 bits per heavy atom. The summed E-state index contributed by atoms with van der Waals surface area (Å²) in [7, 11) is 0. The van der Waals surface area contributed by atoms with Crippen molar-refractivity contribution in [3.8, 4) is 0 Å². The molecule has 0 atom stereocenters. The standard InChI is InChI=1S/C13H20N2O/c1-11(2)8-9-14-13(16)10-15-12-6-4-3-5-7-12/h3-7,11,15H,8-10H2,1-2H3,(H,14,16). The maximum atomic E-state index is 11.4. The molecular weight excluding hydrogens is 200 g/mol. The number of anilines is 1. The molecule has 0 saturated heterocycles. The fourth-order valence-corrected chi connectivity index (χ4v) is 1.30. The van der Waals surface area contributed by atoms with E-state index in [0.29, 0.717) is 12.5 Å². The number of hydrogen-bond donors (Lipinski definition) is 2. The molecule has 2 N–H and O–H groups in total. The van der Waals surface area contributed by atoms with E-state index in [9.17, 15) is 4.79 Å². The zero-order valence-corrected chi connectivity index (χ0v) is 9.99. The van der Waals surface area contributed by atoms with E-state index in [-0.39, 0.29) is 5.91 Å². The summed E-state index contributed by atoms with van der Waals surface area (Å²) in [5.41, 5.74) is 0.974. The Morgan fingerprint density at radius 1 is 1.25 bits per heavy atom. The molecule has 1 amide bonds. The van der Waals surface area contributed by atoms with Gasteiger partial charge in [0.25, 0.3) is 0 Å². The van der Waals surface area contributed by atoms with E-state index in [1.54, 1.807) is 0 Å². The molecule has 88 valence electrons. The van der Waals surface area contributed by atoms with Crippen LogP contribution in [0.15, 0.2) is 30.3 Å². The Morgan fingerprint density at radius 2 is 1.94 bits per heavy atom. The van der Waals surface area contributed by atoms with E-state index < -0.39 is 0 Å². The topological polar surface area (TPSA) is 41.1 Å². The van der Waals surface area contributed by atoms with Crippen LogP contribution >= 0.6 is 0 Å². The molecule has 0 spiro atoms. The summed E-state index contributed by atoms with van der Waals surface area (Å²) in [5, 5.41) is 5.95. The van der Waals surface area contributed by atoms with Gasteiger partial charge in [-0.1, -0.05) is 32.0 Å². The SMILES string of the molecule is CC(C)CCNC(=O)CNc1ccccc1. The van der Waals surface area contributed by atoms with Crippen LogP contribution in [0, 0.1) is 5.92 Å². The van der Waals surface area contributed by atoms with Crippen molar-refractivity contribution in [1.29, 1.82) is 0 Å². The summed E-state index contributed by atoms with van der Waals surface area (Å²) < 4.78 is 0. The van der Waals surface area contributed by atoms with E-state index in [0.717, 1.165) is 18.7 Å². The monoisotopic (exact) mass is 220 g/mol. The van der Waals surface area contributed by atoms with Crippen LogP contribution in [0.2, 0.25) is 0 Å². The van der Waals surface area contributed by atoms with Crippen molar-refractivity contribution < 1.29 is 4.79 Å². The Hall–Kier alpha value is -1.51. The lowest BCUT2D eigenvalue weighted by molar-refractivity contribution is -0.119. The fraction of sp³-hybridized carbons (Fsp3) is 0.462. The minimum atomic E-state index is 0.0458. The zero-order chi connectivity index (χ0) is 11.8. The van der Waals surface area contributed by atoms with Crippen molar-refractivity contribution in [3.05, 3.63) is 30.3 Å². The van der Waals surface area contributed by atoms with Gasteiger partial charge in [-0.15, -0.1) is 0 Å². The highest BCUT2D eigenvalue weighted by Crippen LogP contribution is 2.03. The van der Waals surface area contributed by atoms with Crippen LogP contribution in [0.25, 0.3) is 0 Å². The summed E-state index contributed by atoms with van der Waals surface area (Å²) in [6, 6.07) is 9.73. The van der Waals surface area contributed by atoms with Gasteiger partial charge in [-0.3, -0.25) is 4.79 Å². The first-order chi connectivity index (χ1) is 7.68. The lowest BCUT2D eigenvalue weighted by Crippen LogP contribution is -2.31. The molecule has 3 nitrogen and oxygen atoms in total. The van der Waals surface area contributed by atoms with Crippen LogP contribution in [0.1, 0.15) is 20.3 Å². The van der Waals surface area contributed by atoms with Crippen LogP contribution in [-0.2, 0) is 4.79 Å². The third-order valence-electron chi connectivity index (χ3n) is 2.27. The first-order valence-electron chi connectivity index (χ1n) is 5.74. The van der Waals surface area contributed by atoms with Gasteiger partial charge < -0.3 is 10.6 Å². The molecule has 0 bridgehead atoms. The van der Waals surface area contributed by atoms with Crippen LogP contribution in [0.4, 0.5) is 5.69 Å². The number of benzene rings is 1. The highest BCUT2D eigenvalue weighted by Gasteiger charge is 2.00. The molecule has 3 heteroatoms. The Labute approximate surface area is 97.2 Å². The number of nitrogens with one attached hydrogen (secondary N) is 2. The number of hydrogen-bond acceptors (Lipinski definition) is 2. The van der Waals surface area contributed by atoms with Gasteiger partial charge in [0.15, 0.2) is 0 Å². The van der Waals surface area contributed by atoms with Gasteiger partial charge in [-0.25, -0.2) is 0 Å². The third-order valence-corrected chi connectivity index (χ3v) is 2.27. The summed E-state index contributed by atoms with van der Waals surface area (Å²) >= 11 is 0. The molecule has 1 aromatic carbocycles. The molecule has 0 aromatic heterocycles. The number of amides is 1. The van der Waals surface area contributed by atoms with Gasteiger partial charge in [0, 0.05) is 12.2 Å². The van der Waals surface area contributed by atoms with E-state index in [1.165, 1.54) is 0 Å². The van der Waals surface area contributed by atoms with Crippen molar-refractivity contribution in [1.82, 2.24) is 5.32 Å². The van der Waals surface area contributed by atoms with Gasteiger partial charge >= 0.3 is 0 Å². The van der Waals surface area contributed by atoms with Gasteiger partial charge in [0.05, 0.1) is 6.54 Å². The number of para-hydroxylation sites is 1. The van der Waals surface area contributed by atoms with Gasteiger partial charge in [0.2, 0.25) is 5.91 Å². The first-order valence-corrected chi connectivity index (χ1v) is 5.74. The lowest BCUT2D eigenvalue weighted by atomic mass is 10.1. The molecule has 1 rings (SSSR count). The first kappa shape index (κ1) is 12.6. The molecule has 0 fully saturated rings. The maximum Gasteiger partial charge on any atom is 0.239 e. The van der Waals surface area contributed by atoms with E-state index in [2.05, 4.69) is 24.5 Å².